The van der Waals surface area contributed by atoms with Crippen LogP contribution >= 0.6 is 15.9 Å². The highest BCUT2D eigenvalue weighted by atomic mass is 79.9. The molecule has 0 bridgehead atoms. The fourth-order valence-electron chi connectivity index (χ4n) is 2.36. The summed E-state index contributed by atoms with van der Waals surface area (Å²) in [5.41, 5.74) is 0.975. The van der Waals surface area contributed by atoms with Gasteiger partial charge in [-0.15, -0.1) is 0 Å². The Hall–Kier alpha value is -1.20. The fraction of sp³-hybridized carbons (Fsp3) is 0.400. The molecule has 1 aliphatic carbocycles. The monoisotopic (exact) mass is 338 g/mol. The third kappa shape index (κ3) is 3.67. The molecular weight excluding hydrogens is 323 g/mol. The second-order valence-electron chi connectivity index (χ2n) is 5.29. The zero-order chi connectivity index (χ0) is 13.9. The minimum Gasteiger partial charge on any atom is -0.360 e. The molecule has 3 rings (SSSR count). The molecule has 3 nitrogen and oxygen atoms in total. The van der Waals surface area contributed by atoms with Crippen molar-refractivity contribution in [3.63, 3.8) is 0 Å². The van der Waals surface area contributed by atoms with E-state index in [-0.39, 0.29) is 11.9 Å². The molecule has 1 N–H and O–H groups in total. The van der Waals surface area contributed by atoms with Gasteiger partial charge >= 0.3 is 0 Å². The lowest BCUT2D eigenvalue weighted by Gasteiger charge is -2.19. The van der Waals surface area contributed by atoms with Crippen LogP contribution in [0.25, 0.3) is 0 Å². The van der Waals surface area contributed by atoms with Crippen molar-refractivity contribution < 1.29 is 8.91 Å². The Kier molecular flexibility index (Phi) is 4.17. The molecule has 1 aromatic heterocycles. The number of nitrogens with zero attached hydrogens (tertiary/aromatic N) is 1. The Morgan fingerprint density at radius 2 is 2.25 bits per heavy atom. The highest BCUT2D eigenvalue weighted by molar-refractivity contribution is 9.10. The third-order valence-corrected chi connectivity index (χ3v) is 4.02. The molecule has 1 fully saturated rings. The SMILES string of the molecule is Fc1cc(Br)cc(C(CC2CC2)NCc2ccno2)c1. The van der Waals surface area contributed by atoms with Gasteiger partial charge in [-0.3, -0.25) is 0 Å². The molecule has 106 valence electrons. The van der Waals surface area contributed by atoms with Crippen LogP contribution in [-0.2, 0) is 6.54 Å². The number of nitrogens with one attached hydrogen (secondary N) is 1. The maximum Gasteiger partial charge on any atom is 0.150 e. The third-order valence-electron chi connectivity index (χ3n) is 3.57. The van der Waals surface area contributed by atoms with Gasteiger partial charge < -0.3 is 9.84 Å². The lowest BCUT2D eigenvalue weighted by molar-refractivity contribution is 0.357. The van der Waals surface area contributed by atoms with Crippen molar-refractivity contribution in [2.24, 2.45) is 5.92 Å². The summed E-state index contributed by atoms with van der Waals surface area (Å²) < 4.78 is 19.4. The molecule has 1 aliphatic rings. The predicted molar refractivity (Wildman–Crippen MR) is 77.5 cm³/mol. The lowest BCUT2D eigenvalue weighted by Crippen LogP contribution is -2.21. The van der Waals surface area contributed by atoms with Crippen molar-refractivity contribution in [3.05, 3.63) is 52.1 Å². The van der Waals surface area contributed by atoms with Gasteiger partial charge in [-0.25, -0.2) is 4.39 Å². The molecule has 0 aliphatic heterocycles. The van der Waals surface area contributed by atoms with E-state index < -0.39 is 0 Å². The zero-order valence-corrected chi connectivity index (χ0v) is 12.6. The maximum absolute atomic E-state index is 13.6. The Bertz CT molecular complexity index is 549. The smallest absolute Gasteiger partial charge is 0.150 e. The van der Waals surface area contributed by atoms with E-state index in [1.54, 1.807) is 12.3 Å². The summed E-state index contributed by atoms with van der Waals surface area (Å²) in [6.07, 6.45) is 5.21. The molecule has 1 heterocycles. The number of hydrogen-bond acceptors (Lipinski definition) is 3. The second kappa shape index (κ2) is 6.06. The molecule has 1 aromatic carbocycles. The van der Waals surface area contributed by atoms with Crippen LogP contribution in [0.2, 0.25) is 0 Å². The van der Waals surface area contributed by atoms with Crippen LogP contribution in [0, 0.1) is 11.7 Å². The highest BCUT2D eigenvalue weighted by Gasteiger charge is 2.26. The van der Waals surface area contributed by atoms with Crippen molar-refractivity contribution in [2.75, 3.05) is 0 Å². The predicted octanol–water partition coefficient (Wildman–Crippen LogP) is 4.21. The van der Waals surface area contributed by atoms with Gasteiger partial charge in [-0.1, -0.05) is 33.9 Å². The fourth-order valence-corrected chi connectivity index (χ4v) is 2.84. The first-order valence-electron chi connectivity index (χ1n) is 6.79. The lowest BCUT2D eigenvalue weighted by atomic mass is 10.0. The van der Waals surface area contributed by atoms with E-state index in [0.29, 0.717) is 6.54 Å². The van der Waals surface area contributed by atoms with E-state index in [4.69, 9.17) is 4.52 Å². The van der Waals surface area contributed by atoms with Gasteiger partial charge in [0.2, 0.25) is 0 Å². The van der Waals surface area contributed by atoms with Gasteiger partial charge in [0.05, 0.1) is 12.7 Å². The van der Waals surface area contributed by atoms with Crippen molar-refractivity contribution >= 4 is 15.9 Å². The van der Waals surface area contributed by atoms with Crippen molar-refractivity contribution in [1.82, 2.24) is 10.5 Å². The summed E-state index contributed by atoms with van der Waals surface area (Å²) >= 11 is 3.36. The van der Waals surface area contributed by atoms with Gasteiger partial charge in [0.15, 0.2) is 0 Å². The summed E-state index contributed by atoms with van der Waals surface area (Å²) in [5.74, 6) is 1.34. The molecule has 20 heavy (non-hydrogen) atoms. The maximum atomic E-state index is 13.6. The largest absolute Gasteiger partial charge is 0.360 e. The quantitative estimate of drug-likeness (QED) is 0.857. The number of benzene rings is 1. The van der Waals surface area contributed by atoms with Gasteiger partial charge in [0, 0.05) is 16.6 Å². The first kappa shape index (κ1) is 13.8. The molecule has 0 spiro atoms. The molecule has 1 saturated carbocycles. The number of hydrogen-bond donors (Lipinski definition) is 1. The molecule has 0 amide bonds. The van der Waals surface area contributed by atoms with Gasteiger partial charge in [0.25, 0.3) is 0 Å². The molecule has 1 atom stereocenters. The Labute approximate surface area is 125 Å². The molecule has 1 unspecified atom stereocenters. The van der Waals surface area contributed by atoms with Crippen LogP contribution < -0.4 is 5.32 Å². The Morgan fingerprint density at radius 1 is 1.40 bits per heavy atom. The average Bonchev–Trinajstić information content (AvgIpc) is 3.06. The summed E-state index contributed by atoms with van der Waals surface area (Å²) in [6, 6.07) is 7.03. The van der Waals surface area contributed by atoms with E-state index in [1.165, 1.54) is 18.9 Å². The summed E-state index contributed by atoms with van der Waals surface area (Å²) in [5, 5.41) is 7.13. The molecule has 0 saturated heterocycles. The number of aromatic nitrogens is 1. The van der Waals surface area contributed by atoms with Crippen LogP contribution in [0.4, 0.5) is 4.39 Å². The van der Waals surface area contributed by atoms with Crippen molar-refractivity contribution in [3.8, 4) is 0 Å². The van der Waals surface area contributed by atoms with Crippen molar-refractivity contribution in [1.29, 1.82) is 0 Å². The van der Waals surface area contributed by atoms with Gasteiger partial charge in [-0.05, 0) is 36.1 Å². The van der Waals surface area contributed by atoms with Crippen molar-refractivity contribution in [2.45, 2.75) is 31.8 Å². The summed E-state index contributed by atoms with van der Waals surface area (Å²) in [4.78, 5) is 0. The van der Waals surface area contributed by atoms with E-state index in [0.717, 1.165) is 28.1 Å². The highest BCUT2D eigenvalue weighted by Crippen LogP contribution is 2.38. The summed E-state index contributed by atoms with van der Waals surface area (Å²) in [6.45, 7) is 0.603. The molecule has 2 aromatic rings. The minimum atomic E-state index is -0.211. The number of halogens is 2. The average molecular weight is 339 g/mol. The van der Waals surface area contributed by atoms with Crippen LogP contribution in [0.3, 0.4) is 0 Å². The van der Waals surface area contributed by atoms with E-state index in [2.05, 4.69) is 26.4 Å². The normalized spacial score (nSPS) is 16.3. The Balaban J connectivity index is 1.73. The first-order chi connectivity index (χ1) is 9.70. The van der Waals surface area contributed by atoms with E-state index in [1.807, 2.05) is 12.1 Å². The first-order valence-corrected chi connectivity index (χ1v) is 7.59. The van der Waals surface area contributed by atoms with Gasteiger partial charge in [0.1, 0.15) is 11.6 Å². The molecule has 0 radical (unpaired) electrons. The van der Waals surface area contributed by atoms with Crippen LogP contribution in [-0.4, -0.2) is 5.16 Å². The second-order valence-corrected chi connectivity index (χ2v) is 6.21. The van der Waals surface area contributed by atoms with Crippen LogP contribution in [0.15, 0.2) is 39.5 Å². The molecule has 5 heteroatoms. The van der Waals surface area contributed by atoms with E-state index >= 15 is 0 Å². The van der Waals surface area contributed by atoms with Crippen LogP contribution in [0.1, 0.15) is 36.6 Å². The molecular formula is C15H16BrFN2O. The summed E-state index contributed by atoms with van der Waals surface area (Å²) in [7, 11) is 0. The van der Waals surface area contributed by atoms with E-state index in [9.17, 15) is 4.39 Å². The number of rotatable bonds is 6. The van der Waals surface area contributed by atoms with Gasteiger partial charge in [-0.2, -0.15) is 0 Å². The topological polar surface area (TPSA) is 38.1 Å². The standard InChI is InChI=1S/C15H16BrFN2O/c16-12-6-11(7-13(17)8-12)15(5-10-1-2-10)18-9-14-3-4-19-20-14/h3-4,6-8,10,15,18H,1-2,5,9H2. The van der Waals surface area contributed by atoms with Crippen LogP contribution in [0.5, 0.6) is 0 Å². The zero-order valence-electron chi connectivity index (χ0n) is 11.0. The minimum absolute atomic E-state index is 0.139. The Morgan fingerprint density at radius 3 is 2.90 bits per heavy atom.